The Kier molecular flexibility index (Phi) is 4.64. The number of hydrogen-bond acceptors (Lipinski definition) is 7. The third-order valence-electron chi connectivity index (χ3n) is 5.01. The highest BCUT2D eigenvalue weighted by Crippen LogP contribution is 2.40. The highest BCUT2D eigenvalue weighted by atomic mass is 32.1. The van der Waals surface area contributed by atoms with Crippen molar-refractivity contribution in [1.29, 1.82) is 0 Å². The van der Waals surface area contributed by atoms with Crippen molar-refractivity contribution in [2.75, 3.05) is 24.8 Å². The van der Waals surface area contributed by atoms with E-state index < -0.39 is 0 Å². The smallest absolute Gasteiger partial charge is 0.231 e. The largest absolute Gasteiger partial charge is 0.454 e. The second-order valence-electron chi connectivity index (χ2n) is 6.82. The van der Waals surface area contributed by atoms with Gasteiger partial charge in [0.1, 0.15) is 12.2 Å². The van der Waals surface area contributed by atoms with E-state index in [4.69, 9.17) is 14.2 Å². The first-order valence-electron chi connectivity index (χ1n) is 9.20. The van der Waals surface area contributed by atoms with Crippen LogP contribution in [-0.2, 0) is 11.3 Å². The molecule has 144 valence electrons. The van der Waals surface area contributed by atoms with Gasteiger partial charge in [-0.1, -0.05) is 36.4 Å². The highest BCUT2D eigenvalue weighted by Gasteiger charge is 2.32. The van der Waals surface area contributed by atoms with E-state index in [0.717, 1.165) is 27.8 Å². The van der Waals surface area contributed by atoms with Crippen LogP contribution in [0.15, 0.2) is 53.9 Å². The molecule has 1 fully saturated rings. The van der Waals surface area contributed by atoms with Gasteiger partial charge in [-0.15, -0.1) is 11.3 Å². The molecule has 0 saturated carbocycles. The van der Waals surface area contributed by atoms with E-state index in [1.165, 1.54) is 0 Å². The van der Waals surface area contributed by atoms with Gasteiger partial charge in [0.05, 0.1) is 25.4 Å². The minimum absolute atomic E-state index is 0.0471. The zero-order valence-corrected chi connectivity index (χ0v) is 16.0. The summed E-state index contributed by atoms with van der Waals surface area (Å²) in [5.41, 5.74) is 2.88. The van der Waals surface area contributed by atoms with E-state index in [-0.39, 0.29) is 25.6 Å². The Hall–Kier alpha value is -2.61. The lowest BCUT2D eigenvalue weighted by molar-refractivity contribution is -0.0294. The van der Waals surface area contributed by atoms with E-state index in [0.29, 0.717) is 18.8 Å². The van der Waals surface area contributed by atoms with Crippen molar-refractivity contribution >= 4 is 16.5 Å². The molecule has 0 spiro atoms. The summed E-state index contributed by atoms with van der Waals surface area (Å²) >= 11 is 1.55. The first-order chi connectivity index (χ1) is 13.8. The zero-order valence-electron chi connectivity index (χ0n) is 15.2. The van der Waals surface area contributed by atoms with E-state index in [1.54, 1.807) is 11.3 Å². The van der Waals surface area contributed by atoms with Gasteiger partial charge in [0, 0.05) is 5.38 Å². The molecule has 2 atom stereocenters. The molecule has 6 nitrogen and oxygen atoms in total. The van der Waals surface area contributed by atoms with Crippen LogP contribution in [0.2, 0.25) is 0 Å². The summed E-state index contributed by atoms with van der Waals surface area (Å²) in [6.07, 6.45) is -0.207. The van der Waals surface area contributed by atoms with Crippen molar-refractivity contribution in [3.05, 3.63) is 70.7 Å². The maximum atomic E-state index is 9.37. The summed E-state index contributed by atoms with van der Waals surface area (Å²) in [5.74, 6) is 1.52. The average molecular weight is 396 g/mol. The molecule has 2 aliphatic heterocycles. The maximum Gasteiger partial charge on any atom is 0.231 e. The fourth-order valence-electron chi connectivity index (χ4n) is 3.58. The zero-order chi connectivity index (χ0) is 18.9. The summed E-state index contributed by atoms with van der Waals surface area (Å²) < 4.78 is 17.5. The third kappa shape index (κ3) is 3.32. The lowest BCUT2D eigenvalue weighted by atomic mass is 10.0. The summed E-state index contributed by atoms with van der Waals surface area (Å²) in [7, 11) is 0. The van der Waals surface area contributed by atoms with Crippen LogP contribution in [-0.4, -0.2) is 30.0 Å². The third-order valence-corrected chi connectivity index (χ3v) is 5.96. The topological polar surface area (TPSA) is 64.1 Å². The van der Waals surface area contributed by atoms with Crippen LogP contribution in [0.25, 0.3) is 0 Å². The SMILES string of the molecule is OCc1csc(N2C[C@@H](c3ccccc3)O[C@@H](c3ccc4c(c3)OCO4)C2)n1. The molecule has 7 heteroatoms. The van der Waals surface area contributed by atoms with Crippen molar-refractivity contribution in [2.45, 2.75) is 18.8 Å². The minimum atomic E-state index is -0.130. The molecule has 0 radical (unpaired) electrons. The standard InChI is InChI=1S/C21H20N2O4S/c24-11-16-12-28-21(22-16)23-9-19(14-4-2-1-3-5-14)27-20(10-23)15-6-7-17-18(8-15)26-13-25-17/h1-8,12,19-20,24H,9-11,13H2/t19-,20+/m0/s1. The Morgan fingerprint density at radius 3 is 2.57 bits per heavy atom. The van der Waals surface area contributed by atoms with Gasteiger partial charge in [-0.2, -0.15) is 0 Å². The molecule has 5 rings (SSSR count). The second kappa shape index (κ2) is 7.43. The molecule has 1 saturated heterocycles. The van der Waals surface area contributed by atoms with Gasteiger partial charge in [-0.3, -0.25) is 0 Å². The first kappa shape index (κ1) is 17.5. The molecular formula is C21H20N2O4S. The fourth-order valence-corrected chi connectivity index (χ4v) is 4.42. The number of rotatable bonds is 4. The lowest BCUT2D eigenvalue weighted by Gasteiger charge is -2.38. The number of ether oxygens (including phenoxy) is 3. The van der Waals surface area contributed by atoms with E-state index in [2.05, 4.69) is 22.0 Å². The van der Waals surface area contributed by atoms with Crippen molar-refractivity contribution in [3.8, 4) is 11.5 Å². The fraction of sp³-hybridized carbons (Fsp3) is 0.286. The van der Waals surface area contributed by atoms with Crippen LogP contribution < -0.4 is 14.4 Å². The van der Waals surface area contributed by atoms with Gasteiger partial charge >= 0.3 is 0 Å². The molecule has 1 N–H and O–H groups in total. The van der Waals surface area contributed by atoms with Gasteiger partial charge in [0.2, 0.25) is 6.79 Å². The maximum absolute atomic E-state index is 9.37. The summed E-state index contributed by atoms with van der Waals surface area (Å²) in [6, 6.07) is 16.2. The van der Waals surface area contributed by atoms with Gasteiger partial charge in [-0.05, 0) is 23.3 Å². The molecule has 28 heavy (non-hydrogen) atoms. The quantitative estimate of drug-likeness (QED) is 0.726. The van der Waals surface area contributed by atoms with E-state index >= 15 is 0 Å². The van der Waals surface area contributed by atoms with Crippen molar-refractivity contribution in [3.63, 3.8) is 0 Å². The molecule has 3 aromatic rings. The lowest BCUT2D eigenvalue weighted by Crippen LogP contribution is -2.40. The first-order valence-corrected chi connectivity index (χ1v) is 10.1. The molecule has 0 amide bonds. The predicted octanol–water partition coefficient (Wildman–Crippen LogP) is 3.68. The number of fused-ring (bicyclic) bond motifs is 1. The molecule has 2 aromatic carbocycles. The summed E-state index contributed by atoms with van der Waals surface area (Å²) in [4.78, 5) is 6.80. The van der Waals surface area contributed by atoms with Gasteiger partial charge in [0.25, 0.3) is 0 Å². The Morgan fingerprint density at radius 2 is 1.79 bits per heavy atom. The van der Waals surface area contributed by atoms with Crippen molar-refractivity contribution < 1.29 is 19.3 Å². The number of aliphatic hydroxyl groups is 1. The number of hydrogen-bond donors (Lipinski definition) is 1. The van der Waals surface area contributed by atoms with E-state index in [1.807, 2.05) is 41.8 Å². The number of morpholine rings is 1. The van der Waals surface area contributed by atoms with Crippen molar-refractivity contribution in [2.24, 2.45) is 0 Å². The molecule has 0 aliphatic carbocycles. The Morgan fingerprint density at radius 1 is 1.00 bits per heavy atom. The van der Waals surface area contributed by atoms with Crippen molar-refractivity contribution in [1.82, 2.24) is 4.98 Å². The number of nitrogens with zero attached hydrogens (tertiary/aromatic N) is 2. The number of aromatic nitrogens is 1. The Labute approximate surface area is 166 Å². The Bertz CT molecular complexity index is 962. The molecular weight excluding hydrogens is 376 g/mol. The number of thiazole rings is 1. The monoisotopic (exact) mass is 396 g/mol. The van der Waals surface area contributed by atoms with Gasteiger partial charge < -0.3 is 24.2 Å². The van der Waals surface area contributed by atoms with E-state index in [9.17, 15) is 5.11 Å². The summed E-state index contributed by atoms with van der Waals surface area (Å²) in [5, 5.41) is 12.2. The number of aliphatic hydroxyl groups excluding tert-OH is 1. The van der Waals surface area contributed by atoms with Crippen LogP contribution in [0, 0.1) is 0 Å². The molecule has 1 aromatic heterocycles. The number of anilines is 1. The van der Waals surface area contributed by atoms with Gasteiger partial charge in [-0.25, -0.2) is 4.98 Å². The predicted molar refractivity (Wildman–Crippen MR) is 106 cm³/mol. The minimum Gasteiger partial charge on any atom is -0.454 e. The molecule has 3 heterocycles. The van der Waals surface area contributed by atoms with Crippen LogP contribution >= 0.6 is 11.3 Å². The average Bonchev–Trinajstić information content (AvgIpc) is 3.43. The molecule has 0 unspecified atom stereocenters. The second-order valence-corrected chi connectivity index (χ2v) is 7.66. The summed E-state index contributed by atoms with van der Waals surface area (Å²) in [6.45, 7) is 1.60. The highest BCUT2D eigenvalue weighted by molar-refractivity contribution is 7.13. The van der Waals surface area contributed by atoms with Crippen LogP contribution in [0.5, 0.6) is 11.5 Å². The van der Waals surface area contributed by atoms with Crippen LogP contribution in [0.1, 0.15) is 29.0 Å². The number of benzene rings is 2. The molecule has 0 bridgehead atoms. The Balaban J connectivity index is 1.47. The van der Waals surface area contributed by atoms with Gasteiger partial charge in [0.15, 0.2) is 16.6 Å². The van der Waals surface area contributed by atoms with Crippen LogP contribution in [0.3, 0.4) is 0 Å². The normalized spacial score (nSPS) is 21.1. The molecule has 2 aliphatic rings. The van der Waals surface area contributed by atoms with Crippen LogP contribution in [0.4, 0.5) is 5.13 Å².